The Morgan fingerprint density at radius 2 is 1.31 bits per heavy atom. The van der Waals surface area contributed by atoms with Crippen molar-refractivity contribution in [2.24, 2.45) is 0 Å². The van der Waals surface area contributed by atoms with Crippen molar-refractivity contribution in [1.82, 2.24) is 0 Å². The molecule has 0 atom stereocenters. The predicted molar refractivity (Wildman–Crippen MR) is 129 cm³/mol. The standard InChI is InChI=1S/C26H24BrNO4/c1-31-25(29)23(26(30)32-2)15-21-13-14-22(27)16-24(21)28(17-19-9-5-3-6-10-19)18-20-11-7-4-8-12-20/h3-16H,17-18H2,1-2H3. The minimum atomic E-state index is -0.747. The van der Waals surface area contributed by atoms with Crippen LogP contribution in [0.15, 0.2) is 88.9 Å². The van der Waals surface area contributed by atoms with E-state index in [1.165, 1.54) is 20.3 Å². The average Bonchev–Trinajstić information content (AvgIpc) is 2.83. The number of benzene rings is 3. The zero-order valence-electron chi connectivity index (χ0n) is 18.0. The van der Waals surface area contributed by atoms with Crippen LogP contribution < -0.4 is 4.90 Å². The molecule has 0 bridgehead atoms. The Bertz CT molecular complexity index is 1040. The van der Waals surface area contributed by atoms with E-state index in [4.69, 9.17) is 9.47 Å². The fourth-order valence-electron chi connectivity index (χ4n) is 3.32. The van der Waals surface area contributed by atoms with E-state index in [0.29, 0.717) is 18.7 Å². The maximum Gasteiger partial charge on any atom is 0.345 e. The van der Waals surface area contributed by atoms with Gasteiger partial charge in [-0.1, -0.05) is 82.7 Å². The molecule has 0 saturated carbocycles. The lowest BCUT2D eigenvalue weighted by Gasteiger charge is -2.27. The summed E-state index contributed by atoms with van der Waals surface area (Å²) >= 11 is 3.56. The van der Waals surface area contributed by atoms with Crippen LogP contribution in [0.25, 0.3) is 6.08 Å². The topological polar surface area (TPSA) is 55.8 Å². The van der Waals surface area contributed by atoms with Crippen molar-refractivity contribution in [2.45, 2.75) is 13.1 Å². The van der Waals surface area contributed by atoms with Crippen LogP contribution in [0.4, 0.5) is 5.69 Å². The highest BCUT2D eigenvalue weighted by molar-refractivity contribution is 9.10. The molecule has 0 aliphatic heterocycles. The Balaban J connectivity index is 2.10. The van der Waals surface area contributed by atoms with Gasteiger partial charge in [0.25, 0.3) is 0 Å². The fraction of sp³-hybridized carbons (Fsp3) is 0.154. The second-order valence-corrected chi connectivity index (χ2v) is 7.99. The number of rotatable bonds is 8. The number of ether oxygens (including phenoxy) is 2. The molecule has 6 heteroatoms. The van der Waals surface area contributed by atoms with E-state index in [2.05, 4.69) is 45.1 Å². The van der Waals surface area contributed by atoms with E-state index in [-0.39, 0.29) is 5.57 Å². The van der Waals surface area contributed by atoms with Gasteiger partial charge < -0.3 is 14.4 Å². The lowest BCUT2D eigenvalue weighted by molar-refractivity contribution is -0.143. The number of hydrogen-bond donors (Lipinski definition) is 0. The van der Waals surface area contributed by atoms with Crippen molar-refractivity contribution < 1.29 is 19.1 Å². The van der Waals surface area contributed by atoms with Crippen LogP contribution in [0.1, 0.15) is 16.7 Å². The monoisotopic (exact) mass is 493 g/mol. The van der Waals surface area contributed by atoms with Crippen LogP contribution in [0.5, 0.6) is 0 Å². The molecule has 164 valence electrons. The van der Waals surface area contributed by atoms with E-state index in [1.54, 1.807) is 0 Å². The quantitative estimate of drug-likeness (QED) is 0.182. The van der Waals surface area contributed by atoms with Gasteiger partial charge in [0.05, 0.1) is 14.2 Å². The van der Waals surface area contributed by atoms with Crippen LogP contribution >= 0.6 is 15.9 Å². The Morgan fingerprint density at radius 3 is 1.78 bits per heavy atom. The van der Waals surface area contributed by atoms with Crippen LogP contribution in [0.3, 0.4) is 0 Å². The van der Waals surface area contributed by atoms with E-state index in [9.17, 15) is 9.59 Å². The van der Waals surface area contributed by atoms with Crippen molar-refractivity contribution in [3.05, 3.63) is 106 Å². The molecule has 3 aromatic carbocycles. The Hall–Kier alpha value is -3.38. The third-order valence-corrected chi connectivity index (χ3v) is 5.37. The van der Waals surface area contributed by atoms with Crippen LogP contribution in [0, 0.1) is 0 Å². The number of nitrogens with zero attached hydrogens (tertiary/aromatic N) is 1. The summed E-state index contributed by atoms with van der Waals surface area (Å²) in [6, 6.07) is 26.0. The normalized spacial score (nSPS) is 10.2. The number of halogens is 1. The van der Waals surface area contributed by atoms with E-state index in [1.807, 2.05) is 54.6 Å². The van der Waals surface area contributed by atoms with Gasteiger partial charge in [0.1, 0.15) is 5.57 Å². The van der Waals surface area contributed by atoms with Crippen LogP contribution in [-0.2, 0) is 32.2 Å². The number of anilines is 1. The summed E-state index contributed by atoms with van der Waals surface area (Å²) in [5.41, 5.74) is 3.67. The van der Waals surface area contributed by atoms with Gasteiger partial charge in [0.2, 0.25) is 0 Å². The lowest BCUT2D eigenvalue weighted by atomic mass is 10.1. The summed E-state index contributed by atoms with van der Waals surface area (Å²) < 4.78 is 10.5. The van der Waals surface area contributed by atoms with Gasteiger partial charge in [-0.15, -0.1) is 0 Å². The number of carbonyl (C=O) groups excluding carboxylic acids is 2. The zero-order chi connectivity index (χ0) is 22.9. The second-order valence-electron chi connectivity index (χ2n) is 7.07. The molecule has 5 nitrogen and oxygen atoms in total. The number of methoxy groups -OCH3 is 2. The minimum Gasteiger partial charge on any atom is -0.465 e. The first-order valence-corrected chi connectivity index (χ1v) is 10.8. The molecule has 0 unspecified atom stereocenters. The second kappa shape index (κ2) is 11.3. The molecule has 3 aromatic rings. The Kier molecular flexibility index (Phi) is 8.22. The molecule has 0 amide bonds. The molecule has 0 aliphatic carbocycles. The highest BCUT2D eigenvalue weighted by Crippen LogP contribution is 2.30. The first kappa shape index (κ1) is 23.3. The van der Waals surface area contributed by atoms with Gasteiger partial charge in [-0.25, -0.2) is 9.59 Å². The number of esters is 2. The third-order valence-electron chi connectivity index (χ3n) is 4.88. The molecule has 0 saturated heterocycles. The van der Waals surface area contributed by atoms with Crippen LogP contribution in [-0.4, -0.2) is 26.2 Å². The molecular formula is C26H24BrNO4. The first-order valence-electron chi connectivity index (χ1n) is 10.0. The van der Waals surface area contributed by atoms with E-state index in [0.717, 1.165) is 21.3 Å². The van der Waals surface area contributed by atoms with Gasteiger partial charge in [-0.05, 0) is 34.9 Å². The summed E-state index contributed by atoms with van der Waals surface area (Å²) in [6.45, 7) is 1.28. The van der Waals surface area contributed by atoms with Crippen LogP contribution in [0.2, 0.25) is 0 Å². The van der Waals surface area contributed by atoms with Gasteiger partial charge >= 0.3 is 11.9 Å². The summed E-state index contributed by atoms with van der Waals surface area (Å²) in [7, 11) is 2.47. The Labute approximate surface area is 196 Å². The molecule has 32 heavy (non-hydrogen) atoms. The molecule has 3 rings (SSSR count). The minimum absolute atomic E-state index is 0.169. The van der Waals surface area contributed by atoms with Gasteiger partial charge in [-0.2, -0.15) is 0 Å². The molecular weight excluding hydrogens is 470 g/mol. The molecule has 0 N–H and O–H groups in total. The Morgan fingerprint density at radius 1 is 0.812 bits per heavy atom. The molecule has 0 fully saturated rings. The van der Waals surface area contributed by atoms with Crippen molar-refractivity contribution in [2.75, 3.05) is 19.1 Å². The zero-order valence-corrected chi connectivity index (χ0v) is 19.5. The van der Waals surface area contributed by atoms with Gasteiger partial charge in [0.15, 0.2) is 0 Å². The van der Waals surface area contributed by atoms with Crippen molar-refractivity contribution in [3.8, 4) is 0 Å². The predicted octanol–water partition coefficient (Wildman–Crippen LogP) is 5.39. The molecule has 0 heterocycles. The van der Waals surface area contributed by atoms with Crippen molar-refractivity contribution in [3.63, 3.8) is 0 Å². The SMILES string of the molecule is COC(=O)C(=Cc1ccc(Br)cc1N(Cc1ccccc1)Cc1ccccc1)C(=O)OC. The lowest BCUT2D eigenvalue weighted by Crippen LogP contribution is -2.23. The van der Waals surface area contributed by atoms with Crippen molar-refractivity contribution in [1.29, 1.82) is 0 Å². The summed E-state index contributed by atoms with van der Waals surface area (Å²) in [5.74, 6) is -1.49. The maximum absolute atomic E-state index is 12.2. The van der Waals surface area contributed by atoms with Crippen molar-refractivity contribution >= 4 is 39.6 Å². The van der Waals surface area contributed by atoms with E-state index >= 15 is 0 Å². The summed E-state index contributed by atoms with van der Waals surface area (Å²) in [5, 5.41) is 0. The van der Waals surface area contributed by atoms with Gasteiger partial charge in [0, 0.05) is 23.2 Å². The fourth-order valence-corrected chi connectivity index (χ4v) is 3.67. The van der Waals surface area contributed by atoms with Gasteiger partial charge in [-0.3, -0.25) is 0 Å². The smallest absolute Gasteiger partial charge is 0.345 e. The average molecular weight is 494 g/mol. The highest BCUT2D eigenvalue weighted by atomic mass is 79.9. The maximum atomic E-state index is 12.2. The molecule has 0 aromatic heterocycles. The first-order chi connectivity index (χ1) is 15.5. The summed E-state index contributed by atoms with van der Waals surface area (Å²) in [4.78, 5) is 26.7. The number of carbonyl (C=O) groups is 2. The molecule has 0 aliphatic rings. The van der Waals surface area contributed by atoms with E-state index < -0.39 is 11.9 Å². The highest BCUT2D eigenvalue weighted by Gasteiger charge is 2.21. The third kappa shape index (κ3) is 6.08. The molecule has 0 radical (unpaired) electrons. The molecule has 0 spiro atoms. The number of hydrogen-bond acceptors (Lipinski definition) is 5. The summed E-state index contributed by atoms with van der Waals surface area (Å²) in [6.07, 6.45) is 1.52. The largest absolute Gasteiger partial charge is 0.465 e.